The van der Waals surface area contributed by atoms with Gasteiger partial charge in [-0.25, -0.2) is 4.79 Å². The summed E-state index contributed by atoms with van der Waals surface area (Å²) in [6.07, 6.45) is -0.118. The average Bonchev–Trinajstić information content (AvgIpc) is 2.49. The first-order valence-corrected chi connectivity index (χ1v) is 7.34. The highest BCUT2D eigenvalue weighted by atomic mass is 16.5. The van der Waals surface area contributed by atoms with Crippen molar-refractivity contribution in [2.45, 2.75) is 13.0 Å². The van der Waals surface area contributed by atoms with Crippen molar-refractivity contribution in [2.24, 2.45) is 0 Å². The van der Waals surface area contributed by atoms with Crippen LogP contribution in [0.25, 0.3) is 0 Å². The van der Waals surface area contributed by atoms with Gasteiger partial charge in [0.05, 0.1) is 12.7 Å². The lowest BCUT2D eigenvalue weighted by atomic mass is 10.2. The van der Waals surface area contributed by atoms with Crippen molar-refractivity contribution < 1.29 is 14.3 Å². The summed E-state index contributed by atoms with van der Waals surface area (Å²) in [6.45, 7) is 6.90. The summed E-state index contributed by atoms with van der Waals surface area (Å²) in [5, 5.41) is 0. The molecular weight excluding hydrogens is 268 g/mol. The van der Waals surface area contributed by atoms with Gasteiger partial charge >= 0.3 is 5.97 Å². The number of hydrogen-bond acceptors (Lipinski definition) is 5. The Hall–Kier alpha value is -1.59. The van der Waals surface area contributed by atoms with E-state index in [9.17, 15) is 4.79 Å². The van der Waals surface area contributed by atoms with Crippen molar-refractivity contribution in [3.63, 3.8) is 0 Å². The molecular formula is C16H24N2O3. The molecule has 0 N–H and O–H groups in total. The van der Waals surface area contributed by atoms with Gasteiger partial charge in [0.25, 0.3) is 0 Å². The molecule has 5 nitrogen and oxygen atoms in total. The fourth-order valence-electron chi connectivity index (χ4n) is 2.43. The fourth-order valence-corrected chi connectivity index (χ4v) is 2.43. The van der Waals surface area contributed by atoms with Gasteiger partial charge in [-0.3, -0.25) is 4.90 Å². The molecule has 0 saturated carbocycles. The molecule has 1 aliphatic rings. The van der Waals surface area contributed by atoms with Gasteiger partial charge in [0, 0.05) is 32.7 Å². The van der Waals surface area contributed by atoms with E-state index in [-0.39, 0.29) is 12.1 Å². The Kier molecular flexibility index (Phi) is 5.59. The predicted molar refractivity (Wildman–Crippen MR) is 81.8 cm³/mol. The first-order chi connectivity index (χ1) is 10.1. The molecule has 1 aromatic carbocycles. The van der Waals surface area contributed by atoms with Crippen molar-refractivity contribution >= 4 is 5.97 Å². The molecule has 1 saturated heterocycles. The number of benzene rings is 1. The molecule has 1 unspecified atom stereocenters. The van der Waals surface area contributed by atoms with Gasteiger partial charge in [-0.2, -0.15) is 0 Å². The molecule has 0 bridgehead atoms. The summed E-state index contributed by atoms with van der Waals surface area (Å²) >= 11 is 0. The van der Waals surface area contributed by atoms with Gasteiger partial charge < -0.3 is 14.4 Å². The summed E-state index contributed by atoms with van der Waals surface area (Å²) in [7, 11) is 3.71. The molecule has 0 spiro atoms. The minimum absolute atomic E-state index is 0.118. The van der Waals surface area contributed by atoms with E-state index >= 15 is 0 Å². The van der Waals surface area contributed by atoms with Crippen molar-refractivity contribution in [1.82, 2.24) is 9.80 Å². The molecule has 1 aliphatic heterocycles. The Bertz CT molecular complexity index is 470. The molecule has 0 aliphatic carbocycles. The van der Waals surface area contributed by atoms with E-state index < -0.39 is 0 Å². The van der Waals surface area contributed by atoms with E-state index in [4.69, 9.17) is 9.47 Å². The summed E-state index contributed by atoms with van der Waals surface area (Å²) in [4.78, 5) is 16.8. The zero-order valence-electron chi connectivity index (χ0n) is 13.0. The lowest BCUT2D eigenvalue weighted by molar-refractivity contribution is 0.0207. The average molecular weight is 292 g/mol. The second-order valence-electron chi connectivity index (χ2n) is 5.55. The molecule has 116 valence electrons. The van der Waals surface area contributed by atoms with Crippen LogP contribution in [0.4, 0.5) is 0 Å². The molecule has 0 aromatic heterocycles. The van der Waals surface area contributed by atoms with E-state index in [1.165, 1.54) is 0 Å². The highest BCUT2D eigenvalue weighted by Crippen LogP contribution is 2.14. The number of carbonyl (C=O) groups is 1. The Labute approximate surface area is 126 Å². The first kappa shape index (κ1) is 15.8. The van der Waals surface area contributed by atoms with Crippen LogP contribution in [0.1, 0.15) is 17.3 Å². The van der Waals surface area contributed by atoms with Crippen molar-refractivity contribution in [3.05, 3.63) is 29.8 Å². The maximum absolute atomic E-state index is 12.1. The maximum Gasteiger partial charge on any atom is 0.338 e. The molecule has 1 aromatic rings. The second-order valence-corrected chi connectivity index (χ2v) is 5.55. The molecule has 5 heteroatoms. The topological polar surface area (TPSA) is 42.0 Å². The van der Waals surface area contributed by atoms with Crippen molar-refractivity contribution in [1.29, 1.82) is 0 Å². The number of rotatable bonds is 5. The fraction of sp³-hybridized carbons (Fsp3) is 0.562. The van der Waals surface area contributed by atoms with Crippen LogP contribution in [-0.4, -0.2) is 68.8 Å². The molecule has 1 atom stereocenters. The van der Waals surface area contributed by atoms with E-state index in [0.717, 1.165) is 32.7 Å². The third kappa shape index (κ3) is 4.72. The van der Waals surface area contributed by atoms with Crippen LogP contribution in [-0.2, 0) is 4.74 Å². The summed E-state index contributed by atoms with van der Waals surface area (Å²) < 4.78 is 10.6. The number of ether oxygens (including phenoxy) is 2. The normalized spacial score (nSPS) is 18.2. The summed E-state index contributed by atoms with van der Waals surface area (Å²) in [5.74, 6) is 0.367. The Morgan fingerprint density at radius 2 is 2.00 bits per heavy atom. The van der Waals surface area contributed by atoms with E-state index in [1.807, 2.05) is 13.0 Å². The summed E-state index contributed by atoms with van der Waals surface area (Å²) in [6, 6.07) is 7.04. The van der Waals surface area contributed by atoms with Gasteiger partial charge in [0.2, 0.25) is 0 Å². The highest BCUT2D eigenvalue weighted by molar-refractivity contribution is 5.89. The predicted octanol–water partition coefficient (Wildman–Crippen LogP) is 1.49. The number of piperazine rings is 1. The first-order valence-electron chi connectivity index (χ1n) is 7.34. The minimum Gasteiger partial charge on any atom is -0.497 e. The van der Waals surface area contributed by atoms with Crippen molar-refractivity contribution in [2.75, 3.05) is 46.9 Å². The van der Waals surface area contributed by atoms with Crippen LogP contribution in [0.5, 0.6) is 5.75 Å². The molecule has 0 radical (unpaired) electrons. The minimum atomic E-state index is -0.296. The molecule has 0 amide bonds. The largest absolute Gasteiger partial charge is 0.497 e. The SMILES string of the molecule is COc1cccc(C(=O)OC(C)CN2CCN(C)CC2)c1. The number of carbonyl (C=O) groups excluding carboxylic acids is 1. The monoisotopic (exact) mass is 292 g/mol. The van der Waals surface area contributed by atoms with Crippen LogP contribution in [0.15, 0.2) is 24.3 Å². The lowest BCUT2D eigenvalue weighted by Crippen LogP contribution is -2.47. The van der Waals surface area contributed by atoms with Gasteiger partial charge in [-0.15, -0.1) is 0 Å². The van der Waals surface area contributed by atoms with Gasteiger partial charge in [-0.1, -0.05) is 6.07 Å². The molecule has 2 rings (SSSR count). The number of hydrogen-bond donors (Lipinski definition) is 0. The van der Waals surface area contributed by atoms with E-state index in [1.54, 1.807) is 25.3 Å². The molecule has 1 fully saturated rings. The van der Waals surface area contributed by atoms with Crippen LogP contribution in [0, 0.1) is 0 Å². The smallest absolute Gasteiger partial charge is 0.338 e. The number of likely N-dealkylation sites (N-methyl/N-ethyl adjacent to an activating group) is 1. The Balaban J connectivity index is 1.84. The standard InChI is InChI=1S/C16H24N2O3/c1-13(12-18-9-7-17(2)8-10-18)21-16(19)14-5-4-6-15(11-14)20-3/h4-6,11,13H,7-10,12H2,1-3H3. The molecule has 1 heterocycles. The Morgan fingerprint density at radius 1 is 1.29 bits per heavy atom. The lowest BCUT2D eigenvalue weighted by Gasteiger charge is -2.33. The quantitative estimate of drug-likeness (QED) is 0.769. The third-order valence-corrected chi connectivity index (χ3v) is 3.72. The van der Waals surface area contributed by atoms with Gasteiger partial charge in [-0.05, 0) is 32.2 Å². The zero-order valence-corrected chi connectivity index (χ0v) is 13.0. The van der Waals surface area contributed by atoms with E-state index in [2.05, 4.69) is 16.8 Å². The van der Waals surface area contributed by atoms with Crippen LogP contribution in [0.2, 0.25) is 0 Å². The maximum atomic E-state index is 12.1. The van der Waals surface area contributed by atoms with Crippen LogP contribution in [0.3, 0.4) is 0 Å². The third-order valence-electron chi connectivity index (χ3n) is 3.72. The molecule has 21 heavy (non-hydrogen) atoms. The number of nitrogens with zero attached hydrogens (tertiary/aromatic N) is 2. The van der Waals surface area contributed by atoms with Gasteiger partial charge in [0.1, 0.15) is 11.9 Å². The van der Waals surface area contributed by atoms with Gasteiger partial charge in [0.15, 0.2) is 0 Å². The summed E-state index contributed by atoms with van der Waals surface area (Å²) in [5.41, 5.74) is 0.527. The van der Waals surface area contributed by atoms with Crippen LogP contribution >= 0.6 is 0 Å². The zero-order chi connectivity index (χ0) is 15.2. The number of methoxy groups -OCH3 is 1. The van der Waals surface area contributed by atoms with Crippen LogP contribution < -0.4 is 4.74 Å². The number of esters is 1. The second kappa shape index (κ2) is 7.43. The highest BCUT2D eigenvalue weighted by Gasteiger charge is 2.19. The van der Waals surface area contributed by atoms with Crippen molar-refractivity contribution in [3.8, 4) is 5.75 Å². The Morgan fingerprint density at radius 3 is 2.67 bits per heavy atom. The van der Waals surface area contributed by atoms with E-state index in [0.29, 0.717) is 11.3 Å².